The number of hydrogen-bond acceptors (Lipinski definition) is 4. The molecule has 1 N–H and O–H groups in total. The van der Waals surface area contributed by atoms with Crippen LogP contribution in [0.4, 0.5) is 0 Å². The molecule has 0 saturated heterocycles. The summed E-state index contributed by atoms with van der Waals surface area (Å²) in [6, 6.07) is 16.8. The number of benzene rings is 2. The van der Waals surface area contributed by atoms with Crippen molar-refractivity contribution >= 4 is 6.02 Å². The van der Waals surface area contributed by atoms with E-state index < -0.39 is 0 Å². The first-order valence-corrected chi connectivity index (χ1v) is 6.82. The van der Waals surface area contributed by atoms with E-state index in [-0.39, 0.29) is 12.1 Å². The summed E-state index contributed by atoms with van der Waals surface area (Å²) in [7, 11) is 1.62. The molecule has 0 heterocycles. The highest BCUT2D eigenvalue weighted by Crippen LogP contribution is 2.20. The fourth-order valence-corrected chi connectivity index (χ4v) is 1.86. The van der Waals surface area contributed by atoms with Gasteiger partial charge in [-0.05, 0) is 36.8 Å². The third-order valence-corrected chi connectivity index (χ3v) is 3.03. The van der Waals surface area contributed by atoms with Gasteiger partial charge >= 0.3 is 6.02 Å². The van der Waals surface area contributed by atoms with Gasteiger partial charge in [0.05, 0.1) is 13.2 Å². The van der Waals surface area contributed by atoms with Gasteiger partial charge in [-0.3, -0.25) is 0 Å². The molecule has 0 aliphatic carbocycles. The normalized spacial score (nSPS) is 12.1. The number of ether oxygens (including phenoxy) is 2. The summed E-state index contributed by atoms with van der Waals surface area (Å²) in [6.07, 6.45) is 1.84. The largest absolute Gasteiger partial charge is 0.497 e. The first-order chi connectivity index (χ1) is 10.7. The van der Waals surface area contributed by atoms with Gasteiger partial charge < -0.3 is 9.47 Å². The van der Waals surface area contributed by atoms with Crippen LogP contribution in [0.15, 0.2) is 59.6 Å². The van der Waals surface area contributed by atoms with Crippen molar-refractivity contribution in [1.82, 2.24) is 5.32 Å². The van der Waals surface area contributed by atoms with E-state index in [4.69, 9.17) is 14.7 Å². The summed E-state index contributed by atoms with van der Waals surface area (Å²) < 4.78 is 10.7. The van der Waals surface area contributed by atoms with E-state index in [2.05, 4.69) is 10.3 Å². The third kappa shape index (κ3) is 4.25. The maximum Gasteiger partial charge on any atom is 0.304 e. The Labute approximate surface area is 129 Å². The van der Waals surface area contributed by atoms with Gasteiger partial charge in [0, 0.05) is 0 Å². The topological polar surface area (TPSA) is 66.6 Å². The van der Waals surface area contributed by atoms with Crippen LogP contribution in [0, 0.1) is 11.5 Å². The molecule has 0 aliphatic rings. The van der Waals surface area contributed by atoms with Crippen molar-refractivity contribution in [3.63, 3.8) is 0 Å². The van der Waals surface area contributed by atoms with Crippen LogP contribution in [0.1, 0.15) is 18.5 Å². The van der Waals surface area contributed by atoms with Gasteiger partial charge in [0.25, 0.3) is 0 Å². The Morgan fingerprint density at radius 3 is 2.36 bits per heavy atom. The van der Waals surface area contributed by atoms with Gasteiger partial charge in [-0.2, -0.15) is 5.26 Å². The Hall–Kier alpha value is -3.00. The lowest BCUT2D eigenvalue weighted by atomic mass is 10.1. The lowest BCUT2D eigenvalue weighted by Crippen LogP contribution is -2.25. The maximum atomic E-state index is 8.83. The second kappa shape index (κ2) is 7.70. The van der Waals surface area contributed by atoms with E-state index in [0.717, 1.165) is 11.3 Å². The number of nitrogens with zero attached hydrogens (tertiary/aromatic N) is 2. The Morgan fingerprint density at radius 1 is 1.09 bits per heavy atom. The van der Waals surface area contributed by atoms with Crippen LogP contribution in [-0.2, 0) is 0 Å². The highest BCUT2D eigenvalue weighted by atomic mass is 16.5. The molecular formula is C17H17N3O2. The summed E-state index contributed by atoms with van der Waals surface area (Å²) in [4.78, 5) is 4.41. The molecule has 5 nitrogen and oxygen atoms in total. The molecule has 1 atom stereocenters. The number of aliphatic imine (C=N–C) groups is 1. The van der Waals surface area contributed by atoms with Crippen molar-refractivity contribution in [2.75, 3.05) is 7.11 Å². The Kier molecular flexibility index (Phi) is 5.38. The quantitative estimate of drug-likeness (QED) is 0.407. The number of hydrogen-bond donors (Lipinski definition) is 1. The van der Waals surface area contributed by atoms with E-state index in [0.29, 0.717) is 5.75 Å². The number of nitrogens with one attached hydrogen (secondary N) is 1. The SMILES string of the molecule is COc1ccc([C@H](C)N=C(NC#N)Oc2ccccc2)cc1. The second-order valence-electron chi connectivity index (χ2n) is 4.54. The van der Waals surface area contributed by atoms with Crippen LogP contribution in [0.5, 0.6) is 11.5 Å². The molecule has 112 valence electrons. The highest BCUT2D eigenvalue weighted by molar-refractivity contribution is 5.77. The predicted molar refractivity (Wildman–Crippen MR) is 84.7 cm³/mol. The molecule has 2 rings (SSSR count). The molecule has 2 aromatic carbocycles. The minimum absolute atomic E-state index is 0.162. The number of methoxy groups -OCH3 is 1. The lowest BCUT2D eigenvalue weighted by molar-refractivity contribution is 0.414. The fourth-order valence-electron chi connectivity index (χ4n) is 1.86. The van der Waals surface area contributed by atoms with Crippen LogP contribution in [0.2, 0.25) is 0 Å². The average molecular weight is 295 g/mol. The zero-order valence-electron chi connectivity index (χ0n) is 12.5. The van der Waals surface area contributed by atoms with Crippen LogP contribution in [-0.4, -0.2) is 13.1 Å². The number of para-hydroxylation sites is 1. The molecule has 0 spiro atoms. The summed E-state index contributed by atoms with van der Waals surface area (Å²) in [6.45, 7) is 1.93. The Morgan fingerprint density at radius 2 is 1.77 bits per heavy atom. The van der Waals surface area contributed by atoms with Crippen molar-refractivity contribution in [2.24, 2.45) is 4.99 Å². The standard InChI is InChI=1S/C17H17N3O2/c1-13(14-8-10-15(21-2)11-9-14)20-17(19-12-18)22-16-6-4-3-5-7-16/h3-11,13H,1-2H3,(H,19,20)/t13-/m0/s1. The Bertz CT molecular complexity index is 661. The summed E-state index contributed by atoms with van der Waals surface area (Å²) in [5, 5.41) is 11.3. The van der Waals surface area contributed by atoms with Gasteiger partial charge in [0.1, 0.15) is 11.5 Å². The third-order valence-electron chi connectivity index (χ3n) is 3.03. The van der Waals surface area contributed by atoms with Crippen molar-refractivity contribution in [2.45, 2.75) is 13.0 Å². The monoisotopic (exact) mass is 295 g/mol. The van der Waals surface area contributed by atoms with Gasteiger partial charge in [0.2, 0.25) is 0 Å². The molecule has 0 bridgehead atoms. The average Bonchev–Trinajstić information content (AvgIpc) is 2.56. The number of rotatable bonds is 4. The van der Waals surface area contributed by atoms with Crippen LogP contribution >= 0.6 is 0 Å². The predicted octanol–water partition coefficient (Wildman–Crippen LogP) is 3.26. The number of amidine groups is 1. The fraction of sp³-hybridized carbons (Fsp3) is 0.176. The summed E-state index contributed by atoms with van der Waals surface area (Å²) in [5.41, 5.74) is 0.995. The smallest absolute Gasteiger partial charge is 0.304 e. The van der Waals surface area contributed by atoms with Crippen molar-refractivity contribution in [3.8, 4) is 17.7 Å². The molecule has 0 saturated carbocycles. The molecule has 0 radical (unpaired) electrons. The number of nitriles is 1. The molecule has 0 aromatic heterocycles. The second-order valence-corrected chi connectivity index (χ2v) is 4.54. The van der Waals surface area contributed by atoms with Gasteiger partial charge in [-0.15, -0.1) is 0 Å². The molecule has 0 aliphatic heterocycles. The van der Waals surface area contributed by atoms with Gasteiger partial charge in [-0.25, -0.2) is 10.3 Å². The highest BCUT2D eigenvalue weighted by Gasteiger charge is 2.08. The lowest BCUT2D eigenvalue weighted by Gasteiger charge is -2.11. The molecule has 0 unspecified atom stereocenters. The first-order valence-electron chi connectivity index (χ1n) is 6.82. The molecule has 22 heavy (non-hydrogen) atoms. The van der Waals surface area contributed by atoms with Gasteiger partial charge in [-0.1, -0.05) is 30.3 Å². The summed E-state index contributed by atoms with van der Waals surface area (Å²) in [5.74, 6) is 1.40. The van der Waals surface area contributed by atoms with Crippen LogP contribution < -0.4 is 14.8 Å². The zero-order valence-corrected chi connectivity index (χ0v) is 12.5. The van der Waals surface area contributed by atoms with E-state index in [1.54, 1.807) is 19.2 Å². The van der Waals surface area contributed by atoms with Gasteiger partial charge in [0.15, 0.2) is 6.19 Å². The molecule has 2 aromatic rings. The molecule has 0 amide bonds. The maximum absolute atomic E-state index is 8.83. The van der Waals surface area contributed by atoms with E-state index >= 15 is 0 Å². The Balaban J connectivity index is 2.15. The van der Waals surface area contributed by atoms with Crippen LogP contribution in [0.3, 0.4) is 0 Å². The van der Waals surface area contributed by atoms with E-state index in [1.165, 1.54) is 0 Å². The van der Waals surface area contributed by atoms with Crippen molar-refractivity contribution in [3.05, 3.63) is 60.2 Å². The molecule has 0 fully saturated rings. The minimum Gasteiger partial charge on any atom is -0.497 e. The minimum atomic E-state index is -0.162. The molecule has 5 heteroatoms. The van der Waals surface area contributed by atoms with E-state index in [9.17, 15) is 0 Å². The van der Waals surface area contributed by atoms with Crippen molar-refractivity contribution < 1.29 is 9.47 Å². The summed E-state index contributed by atoms with van der Waals surface area (Å²) >= 11 is 0. The van der Waals surface area contributed by atoms with E-state index in [1.807, 2.05) is 55.6 Å². The molecular weight excluding hydrogens is 278 g/mol. The van der Waals surface area contributed by atoms with Crippen molar-refractivity contribution in [1.29, 1.82) is 5.26 Å². The van der Waals surface area contributed by atoms with Crippen LogP contribution in [0.25, 0.3) is 0 Å². The first kappa shape index (κ1) is 15.4. The zero-order chi connectivity index (χ0) is 15.8.